The smallest absolute Gasteiger partial charge is 0.0130 e. The van der Waals surface area contributed by atoms with Gasteiger partial charge in [-0.1, -0.05) is 58.4 Å². The second-order valence-corrected chi connectivity index (χ2v) is 5.29. The largest absolute Gasteiger partial charge is 0.316 e. The molecule has 0 saturated heterocycles. The zero-order chi connectivity index (χ0) is 12.8. The van der Waals surface area contributed by atoms with Gasteiger partial charge in [-0.15, -0.1) is 0 Å². The van der Waals surface area contributed by atoms with Crippen molar-refractivity contribution < 1.29 is 0 Å². The van der Waals surface area contributed by atoms with E-state index in [9.17, 15) is 0 Å². The fraction of sp³-hybridized carbons (Fsp3) is 0.625. The van der Waals surface area contributed by atoms with Crippen molar-refractivity contribution in [2.24, 2.45) is 0 Å². The van der Waals surface area contributed by atoms with E-state index in [1.165, 1.54) is 24.0 Å². The van der Waals surface area contributed by atoms with Gasteiger partial charge >= 0.3 is 0 Å². The zero-order valence-corrected chi connectivity index (χ0v) is 12.0. The molecule has 0 heterocycles. The highest BCUT2D eigenvalue weighted by molar-refractivity contribution is 5.27. The van der Waals surface area contributed by atoms with Crippen LogP contribution in [0.1, 0.15) is 63.5 Å². The van der Waals surface area contributed by atoms with Crippen molar-refractivity contribution in [1.29, 1.82) is 0 Å². The van der Waals surface area contributed by atoms with Gasteiger partial charge in [0.2, 0.25) is 0 Å². The van der Waals surface area contributed by atoms with Crippen LogP contribution in [0.15, 0.2) is 24.3 Å². The number of hydrogen-bond acceptors (Lipinski definition) is 1. The molecule has 1 rings (SSSR count). The Balaban J connectivity index is 2.77. The van der Waals surface area contributed by atoms with Crippen molar-refractivity contribution >= 4 is 0 Å². The van der Waals surface area contributed by atoms with E-state index in [2.05, 4.69) is 64.3 Å². The van der Waals surface area contributed by atoms with Crippen molar-refractivity contribution in [3.63, 3.8) is 0 Å². The molecule has 0 amide bonds. The molecule has 0 radical (unpaired) electrons. The van der Waals surface area contributed by atoms with Gasteiger partial charge in [-0.25, -0.2) is 0 Å². The summed E-state index contributed by atoms with van der Waals surface area (Å²) >= 11 is 0. The number of likely N-dealkylation sites (N-methyl/N-ethyl adjacent to an activating group) is 1. The molecule has 0 aliphatic rings. The summed E-state index contributed by atoms with van der Waals surface area (Å²) in [5.41, 5.74) is 2.87. The molecule has 0 saturated carbocycles. The van der Waals surface area contributed by atoms with E-state index >= 15 is 0 Å². The molecule has 1 heteroatoms. The summed E-state index contributed by atoms with van der Waals surface area (Å²) in [7, 11) is 2.07. The van der Waals surface area contributed by atoms with Crippen LogP contribution >= 0.6 is 0 Å². The molecule has 96 valence electrons. The first-order chi connectivity index (χ1) is 8.10. The number of nitrogens with one attached hydrogen (secondary N) is 1. The molecular formula is C16H27N. The molecular weight excluding hydrogens is 206 g/mol. The van der Waals surface area contributed by atoms with Gasteiger partial charge in [0.1, 0.15) is 0 Å². The number of benzene rings is 1. The van der Waals surface area contributed by atoms with Crippen LogP contribution in [-0.4, -0.2) is 13.1 Å². The van der Waals surface area contributed by atoms with Gasteiger partial charge in [0, 0.05) is 6.04 Å². The Morgan fingerprint density at radius 2 is 1.53 bits per heavy atom. The van der Waals surface area contributed by atoms with Crippen molar-refractivity contribution in [2.45, 2.75) is 58.4 Å². The Hall–Kier alpha value is -0.820. The third-order valence-corrected chi connectivity index (χ3v) is 3.70. The number of rotatable bonds is 6. The van der Waals surface area contributed by atoms with Crippen molar-refractivity contribution in [3.8, 4) is 0 Å². The van der Waals surface area contributed by atoms with Crippen LogP contribution in [0, 0.1) is 0 Å². The van der Waals surface area contributed by atoms with Gasteiger partial charge in [-0.05, 0) is 36.4 Å². The van der Waals surface area contributed by atoms with Crippen LogP contribution < -0.4 is 5.32 Å². The minimum Gasteiger partial charge on any atom is -0.316 e. The van der Waals surface area contributed by atoms with E-state index in [0.29, 0.717) is 17.9 Å². The Morgan fingerprint density at radius 3 is 1.94 bits per heavy atom. The summed E-state index contributed by atoms with van der Waals surface area (Å²) in [6.07, 6.45) is 2.48. The van der Waals surface area contributed by atoms with E-state index in [1.54, 1.807) is 0 Å². The zero-order valence-electron chi connectivity index (χ0n) is 12.0. The predicted molar refractivity (Wildman–Crippen MR) is 76.7 cm³/mol. The van der Waals surface area contributed by atoms with Gasteiger partial charge in [0.15, 0.2) is 0 Å². The lowest BCUT2D eigenvalue weighted by atomic mass is 9.89. The van der Waals surface area contributed by atoms with E-state index in [0.717, 1.165) is 0 Å². The van der Waals surface area contributed by atoms with E-state index in [1.807, 2.05) is 0 Å². The third-order valence-electron chi connectivity index (χ3n) is 3.70. The third kappa shape index (κ3) is 3.85. The lowest BCUT2D eigenvalue weighted by Crippen LogP contribution is -2.30. The molecule has 0 aliphatic carbocycles. The van der Waals surface area contributed by atoms with E-state index < -0.39 is 0 Å². The summed E-state index contributed by atoms with van der Waals surface area (Å²) in [5, 5.41) is 3.44. The van der Waals surface area contributed by atoms with Crippen molar-refractivity contribution in [1.82, 2.24) is 5.32 Å². The molecule has 0 bridgehead atoms. The van der Waals surface area contributed by atoms with Crippen molar-refractivity contribution in [3.05, 3.63) is 35.4 Å². The van der Waals surface area contributed by atoms with Gasteiger partial charge in [-0.2, -0.15) is 0 Å². The molecule has 1 nitrogen and oxygen atoms in total. The molecule has 0 fully saturated rings. The average molecular weight is 233 g/mol. The van der Waals surface area contributed by atoms with Crippen LogP contribution in [0.2, 0.25) is 0 Å². The summed E-state index contributed by atoms with van der Waals surface area (Å²) in [4.78, 5) is 0. The molecule has 2 atom stereocenters. The lowest BCUT2D eigenvalue weighted by Gasteiger charge is -2.24. The summed E-state index contributed by atoms with van der Waals surface area (Å²) in [5.74, 6) is 1.20. The molecule has 0 spiro atoms. The minimum atomic E-state index is 0.584. The Kier molecular flexibility index (Phi) is 5.70. The standard InChI is InChI=1S/C16H27N/c1-6-7-16(17-5)13(4)15-10-8-14(9-11-15)12(2)3/h8-13,16-17H,6-7H2,1-5H3. The van der Waals surface area contributed by atoms with Gasteiger partial charge < -0.3 is 5.32 Å². The van der Waals surface area contributed by atoms with Crippen LogP contribution in [0.4, 0.5) is 0 Å². The number of hydrogen-bond donors (Lipinski definition) is 1. The first-order valence-corrected chi connectivity index (χ1v) is 6.87. The first kappa shape index (κ1) is 14.2. The normalized spacial score (nSPS) is 14.9. The summed E-state index contributed by atoms with van der Waals surface area (Å²) in [6, 6.07) is 9.72. The molecule has 1 aromatic rings. The molecule has 1 aromatic carbocycles. The Labute approximate surface area is 107 Å². The molecule has 17 heavy (non-hydrogen) atoms. The highest BCUT2D eigenvalue weighted by Gasteiger charge is 2.16. The maximum Gasteiger partial charge on any atom is 0.0130 e. The van der Waals surface area contributed by atoms with Crippen molar-refractivity contribution in [2.75, 3.05) is 7.05 Å². The second kappa shape index (κ2) is 6.80. The summed E-state index contributed by atoms with van der Waals surface area (Å²) in [6.45, 7) is 9.05. The average Bonchev–Trinajstić information content (AvgIpc) is 2.35. The monoisotopic (exact) mass is 233 g/mol. The quantitative estimate of drug-likeness (QED) is 0.772. The van der Waals surface area contributed by atoms with Gasteiger partial charge in [-0.3, -0.25) is 0 Å². The molecule has 0 aromatic heterocycles. The molecule has 2 unspecified atom stereocenters. The van der Waals surface area contributed by atoms with Crippen LogP contribution in [-0.2, 0) is 0 Å². The highest BCUT2D eigenvalue weighted by atomic mass is 14.9. The fourth-order valence-electron chi connectivity index (χ4n) is 2.37. The maximum absolute atomic E-state index is 3.44. The fourth-order valence-corrected chi connectivity index (χ4v) is 2.37. The Bertz CT molecular complexity index is 313. The van der Waals surface area contributed by atoms with E-state index in [-0.39, 0.29) is 0 Å². The highest BCUT2D eigenvalue weighted by Crippen LogP contribution is 2.24. The predicted octanol–water partition coefficient (Wildman–Crippen LogP) is 4.30. The van der Waals surface area contributed by atoms with Crippen LogP contribution in [0.3, 0.4) is 0 Å². The Morgan fingerprint density at radius 1 is 1.00 bits per heavy atom. The van der Waals surface area contributed by atoms with Gasteiger partial charge in [0.05, 0.1) is 0 Å². The second-order valence-electron chi connectivity index (χ2n) is 5.29. The van der Waals surface area contributed by atoms with Crippen LogP contribution in [0.25, 0.3) is 0 Å². The molecule has 1 N–H and O–H groups in total. The summed E-state index contributed by atoms with van der Waals surface area (Å²) < 4.78 is 0. The lowest BCUT2D eigenvalue weighted by molar-refractivity contribution is 0.451. The maximum atomic E-state index is 3.44. The first-order valence-electron chi connectivity index (χ1n) is 6.87. The molecule has 0 aliphatic heterocycles. The topological polar surface area (TPSA) is 12.0 Å². The van der Waals surface area contributed by atoms with E-state index in [4.69, 9.17) is 0 Å². The van der Waals surface area contributed by atoms with Gasteiger partial charge in [0.25, 0.3) is 0 Å². The SMILES string of the molecule is CCCC(NC)C(C)c1ccc(C(C)C)cc1. The van der Waals surface area contributed by atoms with Crippen LogP contribution in [0.5, 0.6) is 0 Å². The minimum absolute atomic E-state index is 0.584.